The molecule has 6 nitrogen and oxygen atoms in total. The molecule has 0 aliphatic carbocycles. The molecule has 3 heterocycles. The number of para-hydroxylation sites is 1. The van der Waals surface area contributed by atoms with Crippen LogP contribution in [-0.2, 0) is 6.42 Å². The van der Waals surface area contributed by atoms with Crippen LogP contribution in [0.25, 0.3) is 5.69 Å². The maximum atomic E-state index is 13.2. The highest BCUT2D eigenvalue weighted by atomic mass is 16.5. The van der Waals surface area contributed by atoms with Crippen molar-refractivity contribution in [2.45, 2.75) is 6.42 Å². The molecule has 0 saturated carbocycles. The van der Waals surface area contributed by atoms with Gasteiger partial charge in [-0.05, 0) is 42.3 Å². The van der Waals surface area contributed by atoms with Crippen molar-refractivity contribution in [3.05, 3.63) is 78.4 Å². The topological polar surface area (TPSA) is 67.6 Å². The maximum Gasteiger partial charge on any atom is 0.253 e. The number of carbonyl (C=O) groups excluding carboxylic acids is 1. The van der Waals surface area contributed by atoms with Crippen molar-refractivity contribution >= 4 is 5.91 Å². The van der Waals surface area contributed by atoms with Gasteiger partial charge in [-0.15, -0.1) is 0 Å². The maximum absolute atomic E-state index is 13.2. The van der Waals surface area contributed by atoms with E-state index in [1.165, 1.54) is 0 Å². The van der Waals surface area contributed by atoms with Crippen LogP contribution in [0.2, 0.25) is 0 Å². The minimum atomic E-state index is -0.362. The van der Waals surface area contributed by atoms with Crippen LogP contribution in [0.1, 0.15) is 15.9 Å². The summed E-state index contributed by atoms with van der Waals surface area (Å²) < 4.78 is 7.92. The Balaban J connectivity index is 1.37. The van der Waals surface area contributed by atoms with Crippen LogP contribution in [0.15, 0.2) is 67.3 Å². The zero-order valence-corrected chi connectivity index (χ0v) is 16.1. The fourth-order valence-corrected chi connectivity index (χ4v) is 4.58. The molecule has 29 heavy (non-hydrogen) atoms. The van der Waals surface area contributed by atoms with Gasteiger partial charge in [0.05, 0.1) is 19.5 Å². The summed E-state index contributed by atoms with van der Waals surface area (Å²) in [6, 6.07) is 15.5. The smallest absolute Gasteiger partial charge is 0.253 e. The molecule has 1 saturated heterocycles. The summed E-state index contributed by atoms with van der Waals surface area (Å²) in [5.41, 5.74) is 2.35. The van der Waals surface area contributed by atoms with Gasteiger partial charge in [0.2, 0.25) is 0 Å². The number of aliphatic hydroxyl groups is 1. The van der Waals surface area contributed by atoms with Crippen LogP contribution < -0.4 is 4.74 Å². The first-order valence-electron chi connectivity index (χ1n) is 9.88. The lowest BCUT2D eigenvalue weighted by Crippen LogP contribution is -2.38. The second-order valence-electron chi connectivity index (χ2n) is 8.02. The Morgan fingerprint density at radius 1 is 1.21 bits per heavy atom. The molecule has 2 aliphatic heterocycles. The molecule has 1 aromatic heterocycles. The Morgan fingerprint density at radius 2 is 2.03 bits per heavy atom. The molecule has 2 aromatic carbocycles. The second-order valence-corrected chi connectivity index (χ2v) is 8.02. The number of benzene rings is 2. The van der Waals surface area contributed by atoms with Crippen molar-refractivity contribution in [2.24, 2.45) is 11.3 Å². The van der Waals surface area contributed by atoms with E-state index >= 15 is 0 Å². The van der Waals surface area contributed by atoms with Crippen LogP contribution >= 0.6 is 0 Å². The molecule has 148 valence electrons. The Labute approximate surface area is 169 Å². The molecule has 0 radical (unpaired) electrons. The van der Waals surface area contributed by atoms with E-state index in [0.717, 1.165) is 17.0 Å². The van der Waals surface area contributed by atoms with Crippen LogP contribution in [0, 0.1) is 11.3 Å². The van der Waals surface area contributed by atoms with Gasteiger partial charge in [0, 0.05) is 48.1 Å². The average Bonchev–Trinajstić information content (AvgIpc) is 3.39. The summed E-state index contributed by atoms with van der Waals surface area (Å²) in [4.78, 5) is 19.1. The molecule has 1 N–H and O–H groups in total. The number of ether oxygens (including phenoxy) is 1. The molecule has 1 fully saturated rings. The molecule has 0 bridgehead atoms. The number of carbonyl (C=O) groups is 1. The fraction of sp³-hybridized carbons (Fsp3) is 0.304. The lowest BCUT2D eigenvalue weighted by Gasteiger charge is -2.30. The van der Waals surface area contributed by atoms with Gasteiger partial charge < -0.3 is 19.3 Å². The van der Waals surface area contributed by atoms with E-state index in [9.17, 15) is 9.90 Å². The average molecular weight is 389 g/mol. The highest BCUT2D eigenvalue weighted by molar-refractivity contribution is 5.94. The van der Waals surface area contributed by atoms with Gasteiger partial charge in [-0.25, -0.2) is 4.98 Å². The third-order valence-electron chi connectivity index (χ3n) is 6.29. The predicted octanol–water partition coefficient (Wildman–Crippen LogP) is 2.56. The van der Waals surface area contributed by atoms with E-state index in [1.807, 2.05) is 58.1 Å². The van der Waals surface area contributed by atoms with Crippen molar-refractivity contribution in [3.8, 4) is 11.4 Å². The molecule has 0 unspecified atom stereocenters. The lowest BCUT2D eigenvalue weighted by molar-refractivity contribution is 0.0694. The van der Waals surface area contributed by atoms with Gasteiger partial charge in [-0.3, -0.25) is 4.79 Å². The number of likely N-dealkylation sites (tertiary alicyclic amines) is 1. The molecule has 3 aromatic rings. The second kappa shape index (κ2) is 7.04. The normalized spacial score (nSPS) is 23.1. The van der Waals surface area contributed by atoms with E-state index in [-0.39, 0.29) is 23.8 Å². The molecular formula is C23H23N3O3. The van der Waals surface area contributed by atoms with Crippen LogP contribution in [0.5, 0.6) is 5.75 Å². The van der Waals surface area contributed by atoms with Gasteiger partial charge in [0.1, 0.15) is 5.75 Å². The van der Waals surface area contributed by atoms with Crippen LogP contribution in [-0.4, -0.2) is 51.8 Å². The zero-order valence-electron chi connectivity index (χ0n) is 16.1. The zero-order chi connectivity index (χ0) is 19.8. The number of hydrogen-bond donors (Lipinski definition) is 1. The summed E-state index contributed by atoms with van der Waals surface area (Å²) in [7, 11) is 0. The molecular weight excluding hydrogens is 366 g/mol. The monoisotopic (exact) mass is 389 g/mol. The number of aliphatic hydroxyl groups excluding tert-OH is 1. The van der Waals surface area contributed by atoms with E-state index in [1.54, 1.807) is 12.5 Å². The Bertz CT molecular complexity index is 1020. The van der Waals surface area contributed by atoms with Crippen LogP contribution in [0.4, 0.5) is 0 Å². The molecule has 1 amide bonds. The number of fused-ring (bicyclic) bond motifs is 2. The van der Waals surface area contributed by atoms with Crippen molar-refractivity contribution < 1.29 is 14.6 Å². The van der Waals surface area contributed by atoms with E-state index in [4.69, 9.17) is 4.74 Å². The molecule has 2 atom stereocenters. The summed E-state index contributed by atoms with van der Waals surface area (Å²) in [5.74, 6) is 0.994. The Kier molecular flexibility index (Phi) is 4.36. The molecule has 0 spiro atoms. The van der Waals surface area contributed by atoms with Gasteiger partial charge in [0.25, 0.3) is 5.91 Å². The van der Waals surface area contributed by atoms with E-state index in [2.05, 4.69) is 11.1 Å². The Hall–Kier alpha value is -3.12. The minimum Gasteiger partial charge on any atom is -0.493 e. The van der Waals surface area contributed by atoms with Gasteiger partial charge in [-0.1, -0.05) is 18.2 Å². The number of amides is 1. The van der Waals surface area contributed by atoms with Gasteiger partial charge in [-0.2, -0.15) is 0 Å². The Morgan fingerprint density at radius 3 is 2.79 bits per heavy atom. The van der Waals surface area contributed by atoms with Crippen molar-refractivity contribution in [1.29, 1.82) is 0 Å². The minimum absolute atomic E-state index is 0.00337. The first kappa shape index (κ1) is 17.9. The fourth-order valence-electron chi connectivity index (χ4n) is 4.58. The highest BCUT2D eigenvalue weighted by Gasteiger charge is 2.49. The number of aromatic nitrogens is 2. The lowest BCUT2D eigenvalue weighted by atomic mass is 9.75. The number of rotatable bonds is 3. The number of hydrogen-bond acceptors (Lipinski definition) is 4. The van der Waals surface area contributed by atoms with Gasteiger partial charge in [0.15, 0.2) is 0 Å². The molecule has 5 rings (SSSR count). The van der Waals surface area contributed by atoms with E-state index in [0.29, 0.717) is 31.7 Å². The predicted molar refractivity (Wildman–Crippen MR) is 108 cm³/mol. The van der Waals surface area contributed by atoms with Crippen molar-refractivity contribution in [2.75, 3.05) is 26.3 Å². The van der Waals surface area contributed by atoms with Crippen molar-refractivity contribution in [3.63, 3.8) is 0 Å². The molecule has 2 aliphatic rings. The highest BCUT2D eigenvalue weighted by Crippen LogP contribution is 2.43. The summed E-state index contributed by atoms with van der Waals surface area (Å²) >= 11 is 0. The number of nitrogens with zero attached hydrogens (tertiary/aromatic N) is 3. The summed E-state index contributed by atoms with van der Waals surface area (Å²) in [5, 5.41) is 10.3. The largest absolute Gasteiger partial charge is 0.493 e. The quantitative estimate of drug-likeness (QED) is 0.748. The number of imidazole rings is 1. The summed E-state index contributed by atoms with van der Waals surface area (Å²) in [6.07, 6.45) is 6.04. The SMILES string of the molecule is O=C(c1ccc(-n2ccnc2)cc1)N1C[C@H]2COc3ccccc3C[C@@]2(CO)C1. The third-order valence-corrected chi connectivity index (χ3v) is 6.29. The van der Waals surface area contributed by atoms with Crippen LogP contribution in [0.3, 0.4) is 0 Å². The first-order valence-corrected chi connectivity index (χ1v) is 9.88. The van der Waals surface area contributed by atoms with Crippen molar-refractivity contribution in [1.82, 2.24) is 14.5 Å². The third kappa shape index (κ3) is 3.09. The van der Waals surface area contributed by atoms with Gasteiger partial charge >= 0.3 is 0 Å². The summed E-state index contributed by atoms with van der Waals surface area (Å²) in [6.45, 7) is 1.68. The molecule has 6 heteroatoms. The first-order chi connectivity index (χ1) is 14.2. The standard InChI is InChI=1S/C23H23N3O3/c27-15-23-11-18-3-1-2-4-21(18)29-13-19(23)12-26(14-23)22(28)17-5-7-20(8-6-17)25-10-9-24-16-25/h1-10,16,19,27H,11-15H2/t19-,23-/m0/s1. The van der Waals surface area contributed by atoms with E-state index < -0.39 is 0 Å².